The molecule has 3 heteroatoms. The van der Waals surface area contributed by atoms with Gasteiger partial charge in [-0.25, -0.2) is 4.79 Å². The quantitative estimate of drug-likeness (QED) is 0.554. The summed E-state index contributed by atoms with van der Waals surface area (Å²) < 4.78 is 9.36. The number of esters is 1. The van der Waals surface area contributed by atoms with Gasteiger partial charge in [0.25, 0.3) is 0 Å². The van der Waals surface area contributed by atoms with Gasteiger partial charge in [-0.2, -0.15) is 0 Å². The minimum Gasteiger partial charge on any atom is -0.467 e. The zero-order valence-electron chi connectivity index (χ0n) is 6.72. The third-order valence-electron chi connectivity index (χ3n) is 1.30. The molecule has 0 radical (unpaired) electrons. The SMILES string of the molecule is CCC[C@H](OC)C(=O)OC. The van der Waals surface area contributed by atoms with Crippen molar-refractivity contribution in [2.24, 2.45) is 0 Å². The Morgan fingerprint density at radius 1 is 1.50 bits per heavy atom. The van der Waals surface area contributed by atoms with Crippen molar-refractivity contribution in [2.45, 2.75) is 25.9 Å². The van der Waals surface area contributed by atoms with Crippen LogP contribution in [-0.2, 0) is 14.3 Å². The molecule has 0 aliphatic rings. The van der Waals surface area contributed by atoms with Crippen LogP contribution in [0, 0.1) is 0 Å². The summed E-state index contributed by atoms with van der Waals surface area (Å²) >= 11 is 0. The fraction of sp³-hybridized carbons (Fsp3) is 0.857. The van der Waals surface area contributed by atoms with E-state index in [-0.39, 0.29) is 12.1 Å². The predicted octanol–water partition coefficient (Wildman–Crippen LogP) is 0.975. The number of carbonyl (C=O) groups is 1. The molecule has 0 unspecified atom stereocenters. The molecular formula is C7H14O3. The van der Waals surface area contributed by atoms with E-state index in [4.69, 9.17) is 4.74 Å². The third-order valence-corrected chi connectivity index (χ3v) is 1.30. The van der Waals surface area contributed by atoms with Gasteiger partial charge in [-0.3, -0.25) is 0 Å². The first kappa shape index (κ1) is 9.43. The molecule has 0 aliphatic carbocycles. The first-order valence-electron chi connectivity index (χ1n) is 3.36. The van der Waals surface area contributed by atoms with E-state index in [0.717, 1.165) is 12.8 Å². The highest BCUT2D eigenvalue weighted by Gasteiger charge is 2.15. The number of hydrogen-bond donors (Lipinski definition) is 0. The Morgan fingerprint density at radius 2 is 2.10 bits per heavy atom. The van der Waals surface area contributed by atoms with Gasteiger partial charge in [-0.1, -0.05) is 13.3 Å². The summed E-state index contributed by atoms with van der Waals surface area (Å²) in [6.07, 6.45) is 1.27. The van der Waals surface area contributed by atoms with E-state index in [1.165, 1.54) is 14.2 Å². The largest absolute Gasteiger partial charge is 0.467 e. The molecule has 0 bridgehead atoms. The average molecular weight is 146 g/mol. The van der Waals surface area contributed by atoms with Gasteiger partial charge in [0.1, 0.15) is 0 Å². The molecule has 10 heavy (non-hydrogen) atoms. The number of carbonyl (C=O) groups excluding carboxylic acids is 1. The summed E-state index contributed by atoms with van der Waals surface area (Å²) in [7, 11) is 2.88. The van der Waals surface area contributed by atoms with Crippen LogP contribution in [0.15, 0.2) is 0 Å². The van der Waals surface area contributed by atoms with Crippen molar-refractivity contribution < 1.29 is 14.3 Å². The van der Waals surface area contributed by atoms with Crippen LogP contribution in [0.25, 0.3) is 0 Å². The molecule has 0 rings (SSSR count). The number of methoxy groups -OCH3 is 2. The summed E-state index contributed by atoms with van der Waals surface area (Å²) in [4.78, 5) is 10.8. The van der Waals surface area contributed by atoms with Crippen LogP contribution >= 0.6 is 0 Å². The minimum atomic E-state index is -0.380. The fourth-order valence-electron chi connectivity index (χ4n) is 0.726. The molecule has 0 amide bonds. The third kappa shape index (κ3) is 2.82. The standard InChI is InChI=1S/C7H14O3/c1-4-5-6(9-2)7(8)10-3/h6H,4-5H2,1-3H3/t6-/m0/s1. The summed E-state index contributed by atoms with van der Waals surface area (Å²) in [5, 5.41) is 0. The van der Waals surface area contributed by atoms with Crippen molar-refractivity contribution >= 4 is 5.97 Å². The van der Waals surface area contributed by atoms with Crippen LogP contribution < -0.4 is 0 Å². The van der Waals surface area contributed by atoms with Gasteiger partial charge in [0, 0.05) is 7.11 Å². The molecule has 0 aromatic heterocycles. The van der Waals surface area contributed by atoms with Crippen LogP contribution in [0.1, 0.15) is 19.8 Å². The van der Waals surface area contributed by atoms with E-state index in [0.29, 0.717) is 0 Å². The monoisotopic (exact) mass is 146 g/mol. The van der Waals surface area contributed by atoms with Crippen LogP contribution in [0.5, 0.6) is 0 Å². The van der Waals surface area contributed by atoms with Crippen LogP contribution in [0.3, 0.4) is 0 Å². The summed E-state index contributed by atoms with van der Waals surface area (Å²) in [6.45, 7) is 2.00. The first-order valence-corrected chi connectivity index (χ1v) is 3.36. The molecule has 0 aromatic rings. The highest BCUT2D eigenvalue weighted by Crippen LogP contribution is 2.01. The Labute approximate surface area is 61.3 Å². The summed E-state index contributed by atoms with van der Waals surface area (Å²) in [5.41, 5.74) is 0. The Balaban J connectivity index is 3.68. The minimum absolute atomic E-state index is 0.288. The molecule has 0 aromatic carbocycles. The number of ether oxygens (including phenoxy) is 2. The fourth-order valence-corrected chi connectivity index (χ4v) is 0.726. The lowest BCUT2D eigenvalue weighted by atomic mass is 10.2. The maximum absolute atomic E-state index is 10.8. The lowest BCUT2D eigenvalue weighted by molar-refractivity contribution is -0.152. The molecule has 0 fully saturated rings. The van der Waals surface area contributed by atoms with Gasteiger partial charge < -0.3 is 9.47 Å². The lowest BCUT2D eigenvalue weighted by Crippen LogP contribution is -2.23. The van der Waals surface area contributed by atoms with Gasteiger partial charge in [0.15, 0.2) is 6.10 Å². The van der Waals surface area contributed by atoms with Crippen LogP contribution in [0.2, 0.25) is 0 Å². The Kier molecular flexibility index (Phi) is 4.94. The molecule has 0 heterocycles. The summed E-state index contributed by atoms with van der Waals surface area (Å²) in [5.74, 6) is -0.288. The van der Waals surface area contributed by atoms with Crippen LogP contribution in [0.4, 0.5) is 0 Å². The van der Waals surface area contributed by atoms with E-state index < -0.39 is 0 Å². The zero-order chi connectivity index (χ0) is 7.98. The van der Waals surface area contributed by atoms with Gasteiger partial charge in [0.05, 0.1) is 7.11 Å². The normalized spacial score (nSPS) is 12.7. The molecule has 0 saturated heterocycles. The second-order valence-corrected chi connectivity index (χ2v) is 2.04. The van der Waals surface area contributed by atoms with Crippen molar-refractivity contribution in [3.63, 3.8) is 0 Å². The van der Waals surface area contributed by atoms with Gasteiger partial charge in [0.2, 0.25) is 0 Å². The molecule has 0 aliphatic heterocycles. The van der Waals surface area contributed by atoms with Gasteiger partial charge >= 0.3 is 5.97 Å². The van der Waals surface area contributed by atoms with Crippen LogP contribution in [-0.4, -0.2) is 26.3 Å². The Bertz CT molecular complexity index is 101. The molecule has 1 atom stereocenters. The van der Waals surface area contributed by atoms with Crippen molar-refractivity contribution in [1.29, 1.82) is 0 Å². The Morgan fingerprint density at radius 3 is 2.40 bits per heavy atom. The zero-order valence-corrected chi connectivity index (χ0v) is 6.72. The first-order chi connectivity index (χ1) is 4.76. The lowest BCUT2D eigenvalue weighted by Gasteiger charge is -2.10. The van der Waals surface area contributed by atoms with E-state index >= 15 is 0 Å². The second-order valence-electron chi connectivity index (χ2n) is 2.04. The molecule has 60 valence electrons. The van der Waals surface area contributed by atoms with E-state index in [1.807, 2.05) is 6.92 Å². The average Bonchev–Trinajstić information content (AvgIpc) is 1.99. The predicted molar refractivity (Wildman–Crippen MR) is 37.7 cm³/mol. The van der Waals surface area contributed by atoms with E-state index in [9.17, 15) is 4.79 Å². The second kappa shape index (κ2) is 5.23. The molecular weight excluding hydrogens is 132 g/mol. The molecule has 0 saturated carbocycles. The summed E-state index contributed by atoms with van der Waals surface area (Å²) in [6, 6.07) is 0. The highest BCUT2D eigenvalue weighted by atomic mass is 16.6. The van der Waals surface area contributed by atoms with Crippen molar-refractivity contribution in [1.82, 2.24) is 0 Å². The van der Waals surface area contributed by atoms with E-state index in [1.54, 1.807) is 0 Å². The topological polar surface area (TPSA) is 35.5 Å². The van der Waals surface area contributed by atoms with Crippen molar-refractivity contribution in [3.05, 3.63) is 0 Å². The molecule has 0 spiro atoms. The maximum Gasteiger partial charge on any atom is 0.334 e. The van der Waals surface area contributed by atoms with Crippen molar-refractivity contribution in [3.8, 4) is 0 Å². The number of hydrogen-bond acceptors (Lipinski definition) is 3. The Hall–Kier alpha value is -0.570. The van der Waals surface area contributed by atoms with Crippen molar-refractivity contribution in [2.75, 3.05) is 14.2 Å². The number of rotatable bonds is 4. The molecule has 3 nitrogen and oxygen atoms in total. The smallest absolute Gasteiger partial charge is 0.334 e. The van der Waals surface area contributed by atoms with Gasteiger partial charge in [-0.05, 0) is 6.42 Å². The maximum atomic E-state index is 10.8. The van der Waals surface area contributed by atoms with Gasteiger partial charge in [-0.15, -0.1) is 0 Å². The highest BCUT2D eigenvalue weighted by molar-refractivity contribution is 5.74. The van der Waals surface area contributed by atoms with E-state index in [2.05, 4.69) is 4.74 Å². The molecule has 0 N–H and O–H groups in total.